The van der Waals surface area contributed by atoms with Gasteiger partial charge in [-0.2, -0.15) is 0 Å². The lowest BCUT2D eigenvalue weighted by atomic mass is 10.1. The molecule has 0 spiro atoms. The minimum Gasteiger partial charge on any atom is -0.327 e. The topological polar surface area (TPSA) is 38.9 Å². The first-order valence-corrected chi connectivity index (χ1v) is 5.66. The monoisotopic (exact) mass is 208 g/mol. The SMILES string of the molecule is CC#CCCC(N)Cc1nc(C)cs1. The Morgan fingerprint density at radius 2 is 2.43 bits per heavy atom. The zero-order chi connectivity index (χ0) is 10.4. The van der Waals surface area contributed by atoms with Gasteiger partial charge >= 0.3 is 0 Å². The van der Waals surface area contributed by atoms with E-state index in [2.05, 4.69) is 22.2 Å². The highest BCUT2D eigenvalue weighted by Gasteiger charge is 2.05. The molecule has 1 aromatic rings. The number of hydrogen-bond donors (Lipinski definition) is 1. The van der Waals surface area contributed by atoms with Crippen molar-refractivity contribution in [3.8, 4) is 11.8 Å². The van der Waals surface area contributed by atoms with Gasteiger partial charge in [-0.1, -0.05) is 0 Å². The van der Waals surface area contributed by atoms with Gasteiger partial charge in [0, 0.05) is 30.0 Å². The molecule has 1 atom stereocenters. The van der Waals surface area contributed by atoms with Crippen LogP contribution in [0.1, 0.15) is 30.5 Å². The van der Waals surface area contributed by atoms with E-state index in [1.54, 1.807) is 11.3 Å². The number of nitrogens with zero attached hydrogens (tertiary/aromatic N) is 1. The lowest BCUT2D eigenvalue weighted by Crippen LogP contribution is -2.22. The van der Waals surface area contributed by atoms with Gasteiger partial charge in [0.05, 0.1) is 5.01 Å². The molecule has 76 valence electrons. The predicted molar refractivity (Wildman–Crippen MR) is 61.2 cm³/mol. The summed E-state index contributed by atoms with van der Waals surface area (Å²) < 4.78 is 0. The molecule has 3 heteroatoms. The summed E-state index contributed by atoms with van der Waals surface area (Å²) >= 11 is 1.69. The van der Waals surface area contributed by atoms with Crippen LogP contribution in [0.3, 0.4) is 0 Å². The minimum absolute atomic E-state index is 0.196. The van der Waals surface area contributed by atoms with E-state index in [0.717, 1.165) is 30.0 Å². The van der Waals surface area contributed by atoms with E-state index in [1.165, 1.54) is 0 Å². The Morgan fingerprint density at radius 1 is 1.64 bits per heavy atom. The Morgan fingerprint density at radius 3 is 3.00 bits per heavy atom. The summed E-state index contributed by atoms with van der Waals surface area (Å²) in [5.74, 6) is 5.90. The van der Waals surface area contributed by atoms with Crippen LogP contribution in [-0.2, 0) is 6.42 Å². The molecule has 1 unspecified atom stereocenters. The lowest BCUT2D eigenvalue weighted by Gasteiger charge is -2.06. The quantitative estimate of drug-likeness (QED) is 0.770. The summed E-state index contributed by atoms with van der Waals surface area (Å²) in [6.07, 6.45) is 2.73. The van der Waals surface area contributed by atoms with Crippen LogP contribution in [0, 0.1) is 18.8 Å². The first-order valence-electron chi connectivity index (χ1n) is 4.78. The van der Waals surface area contributed by atoms with Gasteiger partial charge in [0.25, 0.3) is 0 Å². The van der Waals surface area contributed by atoms with Crippen molar-refractivity contribution in [2.45, 2.75) is 39.2 Å². The molecule has 0 saturated heterocycles. The summed E-state index contributed by atoms with van der Waals surface area (Å²) in [7, 11) is 0. The summed E-state index contributed by atoms with van der Waals surface area (Å²) in [5, 5.41) is 3.20. The van der Waals surface area contributed by atoms with Crippen molar-refractivity contribution >= 4 is 11.3 Å². The zero-order valence-electron chi connectivity index (χ0n) is 8.71. The van der Waals surface area contributed by atoms with E-state index in [4.69, 9.17) is 5.73 Å². The molecule has 0 aromatic carbocycles. The molecule has 0 saturated carbocycles. The molecule has 0 aliphatic heterocycles. The highest BCUT2D eigenvalue weighted by atomic mass is 32.1. The van der Waals surface area contributed by atoms with Gasteiger partial charge in [-0.05, 0) is 20.3 Å². The van der Waals surface area contributed by atoms with Gasteiger partial charge in [-0.25, -0.2) is 4.98 Å². The summed E-state index contributed by atoms with van der Waals surface area (Å²) in [4.78, 5) is 4.38. The van der Waals surface area contributed by atoms with E-state index < -0.39 is 0 Å². The van der Waals surface area contributed by atoms with Gasteiger partial charge in [-0.15, -0.1) is 23.2 Å². The second-order valence-electron chi connectivity index (χ2n) is 3.31. The smallest absolute Gasteiger partial charge is 0.0943 e. The number of nitrogens with two attached hydrogens (primary N) is 1. The maximum atomic E-state index is 5.95. The number of rotatable bonds is 4. The molecule has 2 N–H and O–H groups in total. The van der Waals surface area contributed by atoms with Gasteiger partial charge in [0.15, 0.2) is 0 Å². The van der Waals surface area contributed by atoms with Crippen LogP contribution in [0.4, 0.5) is 0 Å². The van der Waals surface area contributed by atoms with E-state index >= 15 is 0 Å². The molecule has 0 radical (unpaired) electrons. The van der Waals surface area contributed by atoms with E-state index in [-0.39, 0.29) is 6.04 Å². The molecule has 14 heavy (non-hydrogen) atoms. The van der Waals surface area contributed by atoms with E-state index in [0.29, 0.717) is 0 Å². The number of thiazole rings is 1. The first kappa shape index (κ1) is 11.2. The fraction of sp³-hybridized carbons (Fsp3) is 0.545. The summed E-state index contributed by atoms with van der Waals surface area (Å²) in [6, 6.07) is 0.196. The van der Waals surface area contributed by atoms with Gasteiger partial charge in [-0.3, -0.25) is 0 Å². The van der Waals surface area contributed by atoms with Crippen LogP contribution in [-0.4, -0.2) is 11.0 Å². The van der Waals surface area contributed by atoms with Crippen LogP contribution in [0.2, 0.25) is 0 Å². The van der Waals surface area contributed by atoms with Crippen molar-refractivity contribution < 1.29 is 0 Å². The molecule has 2 nitrogen and oxygen atoms in total. The fourth-order valence-electron chi connectivity index (χ4n) is 1.21. The van der Waals surface area contributed by atoms with E-state index in [1.807, 2.05) is 13.8 Å². The third kappa shape index (κ3) is 3.91. The third-order valence-corrected chi connectivity index (χ3v) is 2.91. The molecule has 0 aliphatic carbocycles. The molecule has 0 amide bonds. The Hall–Kier alpha value is -0.850. The molecular formula is C11H16N2S. The number of aromatic nitrogens is 1. The van der Waals surface area contributed by atoms with Crippen molar-refractivity contribution in [2.75, 3.05) is 0 Å². The molecular weight excluding hydrogens is 192 g/mol. The summed E-state index contributed by atoms with van der Waals surface area (Å²) in [5.41, 5.74) is 7.04. The predicted octanol–water partition coefficient (Wildman–Crippen LogP) is 2.12. The van der Waals surface area contributed by atoms with Crippen LogP contribution in [0.15, 0.2) is 5.38 Å². The second-order valence-corrected chi connectivity index (χ2v) is 4.25. The van der Waals surface area contributed by atoms with Crippen molar-refractivity contribution in [3.05, 3.63) is 16.1 Å². The average molecular weight is 208 g/mol. The van der Waals surface area contributed by atoms with Crippen LogP contribution in [0.5, 0.6) is 0 Å². The van der Waals surface area contributed by atoms with Crippen molar-refractivity contribution in [1.82, 2.24) is 4.98 Å². The molecule has 0 fully saturated rings. The maximum Gasteiger partial charge on any atom is 0.0943 e. The molecule has 0 bridgehead atoms. The number of aryl methyl sites for hydroxylation is 1. The largest absolute Gasteiger partial charge is 0.327 e. The van der Waals surface area contributed by atoms with Crippen molar-refractivity contribution in [1.29, 1.82) is 0 Å². The normalized spacial score (nSPS) is 11.9. The third-order valence-electron chi connectivity index (χ3n) is 1.92. The standard InChI is InChI=1S/C11H16N2S/c1-3-4-5-6-10(12)7-11-13-9(2)8-14-11/h8,10H,5-7,12H2,1-2H3. The van der Waals surface area contributed by atoms with Gasteiger partial charge in [0.2, 0.25) is 0 Å². The first-order chi connectivity index (χ1) is 6.72. The molecule has 1 heterocycles. The Bertz CT molecular complexity index is 333. The Kier molecular flexibility index (Phi) is 4.64. The maximum absolute atomic E-state index is 5.95. The Balaban J connectivity index is 2.32. The van der Waals surface area contributed by atoms with Crippen LogP contribution < -0.4 is 5.73 Å². The highest BCUT2D eigenvalue weighted by Crippen LogP contribution is 2.11. The van der Waals surface area contributed by atoms with Crippen molar-refractivity contribution in [2.24, 2.45) is 5.73 Å². The highest BCUT2D eigenvalue weighted by molar-refractivity contribution is 7.09. The van der Waals surface area contributed by atoms with Gasteiger partial charge < -0.3 is 5.73 Å². The number of hydrogen-bond acceptors (Lipinski definition) is 3. The second kappa shape index (κ2) is 5.79. The fourth-order valence-corrected chi connectivity index (χ4v) is 2.07. The van der Waals surface area contributed by atoms with E-state index in [9.17, 15) is 0 Å². The molecule has 1 rings (SSSR count). The van der Waals surface area contributed by atoms with Crippen LogP contribution in [0.25, 0.3) is 0 Å². The van der Waals surface area contributed by atoms with Crippen LogP contribution >= 0.6 is 11.3 Å². The molecule has 1 aromatic heterocycles. The van der Waals surface area contributed by atoms with Crippen molar-refractivity contribution in [3.63, 3.8) is 0 Å². The average Bonchev–Trinajstić information content (AvgIpc) is 2.52. The minimum atomic E-state index is 0.196. The summed E-state index contributed by atoms with van der Waals surface area (Å²) in [6.45, 7) is 3.86. The molecule has 0 aliphatic rings. The lowest BCUT2D eigenvalue weighted by molar-refractivity contribution is 0.620. The zero-order valence-corrected chi connectivity index (χ0v) is 9.53. The Labute approximate surface area is 89.6 Å². The van der Waals surface area contributed by atoms with Gasteiger partial charge in [0.1, 0.15) is 0 Å².